The molecule has 38 heavy (non-hydrogen) atoms. The van der Waals surface area contributed by atoms with Gasteiger partial charge in [-0.1, -0.05) is 60.0 Å². The number of aromatic amines is 1. The van der Waals surface area contributed by atoms with Gasteiger partial charge in [-0.3, -0.25) is 30.1 Å². The number of para-hydroxylation sites is 2. The predicted octanol–water partition coefficient (Wildman–Crippen LogP) is 3.27. The van der Waals surface area contributed by atoms with E-state index in [2.05, 4.69) is 25.6 Å². The van der Waals surface area contributed by atoms with Gasteiger partial charge < -0.3 is 9.72 Å². The van der Waals surface area contributed by atoms with Crippen LogP contribution in [0.4, 0.5) is 0 Å². The molecule has 4 rings (SSSR count). The SMILES string of the molecule is COC(=O)c1ccc(/C=C2\SC(=S)N(CCCC(=O)NNC(=O)CSc3nc4ccccc4[nH]3)C2=O)cc1. The number of imidazole rings is 1. The molecule has 1 aliphatic rings. The minimum absolute atomic E-state index is 0.0778. The first-order valence-corrected chi connectivity index (χ1v) is 13.6. The number of benzene rings is 2. The van der Waals surface area contributed by atoms with E-state index in [1.165, 1.54) is 35.5 Å². The van der Waals surface area contributed by atoms with Crippen LogP contribution in [-0.4, -0.2) is 62.3 Å². The summed E-state index contributed by atoms with van der Waals surface area (Å²) in [6.45, 7) is 0.270. The Hall–Kier alpha value is -3.68. The third-order valence-electron chi connectivity index (χ3n) is 5.34. The third kappa shape index (κ3) is 7.00. The maximum absolute atomic E-state index is 12.8. The van der Waals surface area contributed by atoms with Gasteiger partial charge in [0.05, 0.1) is 34.4 Å². The molecule has 0 saturated carbocycles. The first-order chi connectivity index (χ1) is 18.3. The van der Waals surface area contributed by atoms with Crippen LogP contribution in [0.2, 0.25) is 0 Å². The van der Waals surface area contributed by atoms with E-state index >= 15 is 0 Å². The summed E-state index contributed by atoms with van der Waals surface area (Å²) in [5.74, 6) is -1.35. The summed E-state index contributed by atoms with van der Waals surface area (Å²) in [6, 6.07) is 14.2. The van der Waals surface area contributed by atoms with Crippen LogP contribution in [0.3, 0.4) is 0 Å². The van der Waals surface area contributed by atoms with Crippen molar-refractivity contribution in [1.29, 1.82) is 0 Å². The highest BCUT2D eigenvalue weighted by molar-refractivity contribution is 8.26. The van der Waals surface area contributed by atoms with Crippen LogP contribution in [-0.2, 0) is 19.1 Å². The highest BCUT2D eigenvalue weighted by atomic mass is 32.2. The molecule has 3 aromatic rings. The van der Waals surface area contributed by atoms with Crippen molar-refractivity contribution < 1.29 is 23.9 Å². The van der Waals surface area contributed by atoms with Gasteiger partial charge in [0.15, 0.2) is 5.16 Å². The van der Waals surface area contributed by atoms with Gasteiger partial charge in [-0.15, -0.1) is 0 Å². The second-order valence-electron chi connectivity index (χ2n) is 7.99. The van der Waals surface area contributed by atoms with Crippen LogP contribution in [0.25, 0.3) is 17.1 Å². The van der Waals surface area contributed by atoms with Gasteiger partial charge in [-0.25, -0.2) is 9.78 Å². The Kier molecular flexibility index (Phi) is 9.15. The molecule has 0 aliphatic carbocycles. The number of fused-ring (bicyclic) bond motifs is 1. The molecule has 2 aromatic carbocycles. The van der Waals surface area contributed by atoms with Crippen molar-refractivity contribution in [3.8, 4) is 0 Å². The summed E-state index contributed by atoms with van der Waals surface area (Å²) in [5.41, 5.74) is 7.62. The van der Waals surface area contributed by atoms with Crippen LogP contribution in [0.5, 0.6) is 0 Å². The van der Waals surface area contributed by atoms with Crippen molar-refractivity contribution >= 4 is 80.9 Å². The molecule has 10 nitrogen and oxygen atoms in total. The standard InChI is InChI=1S/C25H23N5O5S3/c1-35-23(34)16-10-8-15(9-11-16)13-19-22(33)30(25(36)38-19)12-4-7-20(31)28-29-21(32)14-37-24-26-17-5-2-3-6-18(17)27-24/h2-3,5-6,8-11,13H,4,7,12,14H2,1H3,(H,26,27)(H,28,31)(H,29,32)/b19-13-. The van der Waals surface area contributed by atoms with Crippen LogP contribution < -0.4 is 10.9 Å². The molecule has 196 valence electrons. The molecule has 0 radical (unpaired) electrons. The first kappa shape index (κ1) is 27.4. The van der Waals surface area contributed by atoms with Crippen molar-refractivity contribution in [1.82, 2.24) is 25.7 Å². The lowest BCUT2D eigenvalue weighted by molar-refractivity contribution is -0.128. The summed E-state index contributed by atoms with van der Waals surface area (Å²) >= 11 is 7.74. The van der Waals surface area contributed by atoms with Gasteiger partial charge in [0.25, 0.3) is 5.91 Å². The van der Waals surface area contributed by atoms with E-state index in [4.69, 9.17) is 12.2 Å². The Morgan fingerprint density at radius 3 is 2.61 bits per heavy atom. The number of rotatable bonds is 9. The van der Waals surface area contributed by atoms with Crippen LogP contribution in [0.1, 0.15) is 28.8 Å². The smallest absolute Gasteiger partial charge is 0.337 e. The number of thioether (sulfide) groups is 2. The minimum atomic E-state index is -0.437. The maximum Gasteiger partial charge on any atom is 0.337 e. The van der Waals surface area contributed by atoms with Gasteiger partial charge in [0.2, 0.25) is 11.8 Å². The number of hydrazine groups is 1. The van der Waals surface area contributed by atoms with Gasteiger partial charge in [0, 0.05) is 13.0 Å². The molecular weight excluding hydrogens is 547 g/mol. The molecule has 3 N–H and O–H groups in total. The third-order valence-corrected chi connectivity index (χ3v) is 7.59. The summed E-state index contributed by atoms with van der Waals surface area (Å²) in [7, 11) is 1.31. The number of nitrogens with one attached hydrogen (secondary N) is 3. The zero-order chi connectivity index (χ0) is 27.1. The average Bonchev–Trinajstić information content (AvgIpc) is 3.46. The Morgan fingerprint density at radius 2 is 1.87 bits per heavy atom. The Bertz CT molecular complexity index is 1390. The summed E-state index contributed by atoms with van der Waals surface area (Å²) in [5, 5.41) is 0.614. The number of hydrogen-bond acceptors (Lipinski definition) is 9. The maximum atomic E-state index is 12.8. The number of thiocarbonyl (C=S) groups is 1. The fraction of sp³-hybridized carbons (Fsp3) is 0.200. The lowest BCUT2D eigenvalue weighted by atomic mass is 10.1. The van der Waals surface area contributed by atoms with E-state index < -0.39 is 5.97 Å². The number of carbonyl (C=O) groups excluding carboxylic acids is 4. The van der Waals surface area contributed by atoms with E-state index in [0.717, 1.165) is 16.6 Å². The van der Waals surface area contributed by atoms with Crippen molar-refractivity contribution in [3.05, 3.63) is 64.6 Å². The number of carbonyl (C=O) groups is 4. The highest BCUT2D eigenvalue weighted by Crippen LogP contribution is 2.32. The normalized spacial score (nSPS) is 14.2. The lowest BCUT2D eigenvalue weighted by Crippen LogP contribution is -2.42. The quantitative estimate of drug-likeness (QED) is 0.117. The van der Waals surface area contributed by atoms with E-state index in [-0.39, 0.29) is 36.4 Å². The van der Waals surface area contributed by atoms with Crippen molar-refractivity contribution in [2.24, 2.45) is 0 Å². The summed E-state index contributed by atoms with van der Waals surface area (Å²) < 4.78 is 5.09. The first-order valence-electron chi connectivity index (χ1n) is 11.4. The van der Waals surface area contributed by atoms with Crippen molar-refractivity contribution in [2.75, 3.05) is 19.4 Å². The van der Waals surface area contributed by atoms with Gasteiger partial charge in [0.1, 0.15) is 4.32 Å². The zero-order valence-corrected chi connectivity index (χ0v) is 22.6. The number of esters is 1. The van der Waals surface area contributed by atoms with E-state index in [1.807, 2.05) is 24.3 Å². The Morgan fingerprint density at radius 1 is 1.13 bits per heavy atom. The largest absolute Gasteiger partial charge is 0.465 e. The molecule has 0 atom stereocenters. The monoisotopic (exact) mass is 569 g/mol. The topological polar surface area (TPSA) is 133 Å². The Balaban J connectivity index is 1.18. The minimum Gasteiger partial charge on any atom is -0.465 e. The number of methoxy groups -OCH3 is 1. The number of ether oxygens (including phenoxy) is 1. The molecular formula is C25H23N5O5S3. The summed E-state index contributed by atoms with van der Waals surface area (Å²) in [6.07, 6.45) is 2.16. The van der Waals surface area contributed by atoms with E-state index in [1.54, 1.807) is 30.3 Å². The number of H-pyrrole nitrogens is 1. The van der Waals surface area contributed by atoms with E-state index in [9.17, 15) is 19.2 Å². The van der Waals surface area contributed by atoms with Crippen LogP contribution in [0, 0.1) is 0 Å². The molecule has 0 unspecified atom stereocenters. The Labute approximate surface area is 231 Å². The van der Waals surface area contributed by atoms with Crippen LogP contribution in [0.15, 0.2) is 58.6 Å². The highest BCUT2D eigenvalue weighted by Gasteiger charge is 2.31. The van der Waals surface area contributed by atoms with Crippen molar-refractivity contribution in [3.63, 3.8) is 0 Å². The molecule has 1 saturated heterocycles. The molecule has 2 heterocycles. The summed E-state index contributed by atoms with van der Waals surface area (Å²) in [4.78, 5) is 58.0. The number of aromatic nitrogens is 2. The molecule has 13 heteroatoms. The fourth-order valence-corrected chi connectivity index (χ4v) is 5.44. The number of amides is 3. The predicted molar refractivity (Wildman–Crippen MR) is 150 cm³/mol. The van der Waals surface area contributed by atoms with Gasteiger partial charge >= 0.3 is 5.97 Å². The van der Waals surface area contributed by atoms with Crippen molar-refractivity contribution in [2.45, 2.75) is 18.0 Å². The van der Waals surface area contributed by atoms with Gasteiger partial charge in [-0.05, 0) is 42.3 Å². The number of nitrogens with zero attached hydrogens (tertiary/aromatic N) is 2. The fourth-order valence-electron chi connectivity index (χ4n) is 3.44. The molecule has 0 bridgehead atoms. The molecule has 1 fully saturated rings. The second-order valence-corrected chi connectivity index (χ2v) is 10.6. The zero-order valence-electron chi connectivity index (χ0n) is 20.2. The second kappa shape index (κ2) is 12.7. The molecule has 3 amide bonds. The lowest BCUT2D eigenvalue weighted by Gasteiger charge is -2.14. The molecule has 1 aromatic heterocycles. The van der Waals surface area contributed by atoms with Crippen LogP contribution >= 0.6 is 35.7 Å². The average molecular weight is 570 g/mol. The molecule has 0 spiro atoms. The van der Waals surface area contributed by atoms with E-state index in [0.29, 0.717) is 26.4 Å². The van der Waals surface area contributed by atoms with Gasteiger partial charge in [-0.2, -0.15) is 0 Å². The number of hydrogen-bond donors (Lipinski definition) is 3. The molecule has 1 aliphatic heterocycles.